The molecule has 4 nitrogen and oxygen atoms in total. The predicted molar refractivity (Wildman–Crippen MR) is 66.9 cm³/mol. The Hall–Kier alpha value is -1.42. The van der Waals surface area contributed by atoms with Gasteiger partial charge in [0.05, 0.1) is 0 Å². The third kappa shape index (κ3) is 2.05. The van der Waals surface area contributed by atoms with Crippen LogP contribution in [0, 0.1) is 0 Å². The van der Waals surface area contributed by atoms with Crippen LogP contribution in [0.5, 0.6) is 11.5 Å². The first-order valence-corrected chi connectivity index (χ1v) is 6.25. The standard InChI is InChI=1S/C13H18N2O2/c1-2-14-10-5-6-15(8-10)11-3-4-12-13(7-11)17-9-16-12/h3-4,7,10,14H,2,5-6,8-9H2,1H3. The summed E-state index contributed by atoms with van der Waals surface area (Å²) in [6.45, 7) is 5.73. The number of benzene rings is 1. The van der Waals surface area contributed by atoms with Crippen LogP contribution >= 0.6 is 0 Å². The van der Waals surface area contributed by atoms with Gasteiger partial charge >= 0.3 is 0 Å². The summed E-state index contributed by atoms with van der Waals surface area (Å²) in [6.07, 6.45) is 1.21. The number of nitrogens with zero attached hydrogens (tertiary/aromatic N) is 1. The van der Waals surface area contributed by atoms with E-state index >= 15 is 0 Å². The number of rotatable bonds is 3. The van der Waals surface area contributed by atoms with E-state index in [1.165, 1.54) is 12.1 Å². The van der Waals surface area contributed by atoms with Gasteiger partial charge in [0.2, 0.25) is 6.79 Å². The molecule has 0 aliphatic carbocycles. The van der Waals surface area contributed by atoms with Gasteiger partial charge in [0.1, 0.15) is 0 Å². The predicted octanol–water partition coefficient (Wildman–Crippen LogP) is 1.60. The molecule has 0 spiro atoms. The smallest absolute Gasteiger partial charge is 0.231 e. The second-order valence-electron chi connectivity index (χ2n) is 4.53. The van der Waals surface area contributed by atoms with E-state index in [0.717, 1.165) is 31.1 Å². The molecule has 1 N–H and O–H groups in total. The van der Waals surface area contributed by atoms with Crippen molar-refractivity contribution in [2.24, 2.45) is 0 Å². The van der Waals surface area contributed by atoms with E-state index in [0.29, 0.717) is 12.8 Å². The highest BCUT2D eigenvalue weighted by Crippen LogP contribution is 2.36. The zero-order valence-corrected chi connectivity index (χ0v) is 10.1. The minimum Gasteiger partial charge on any atom is -0.454 e. The quantitative estimate of drug-likeness (QED) is 0.861. The SMILES string of the molecule is CCNC1CCN(c2ccc3c(c2)OCO3)C1. The highest BCUT2D eigenvalue weighted by atomic mass is 16.7. The maximum atomic E-state index is 5.41. The Morgan fingerprint density at radius 2 is 2.24 bits per heavy atom. The molecule has 17 heavy (non-hydrogen) atoms. The van der Waals surface area contributed by atoms with Gasteiger partial charge in [-0.05, 0) is 25.1 Å². The van der Waals surface area contributed by atoms with Crippen molar-refractivity contribution >= 4 is 5.69 Å². The molecule has 0 saturated carbocycles. The Bertz CT molecular complexity index is 408. The summed E-state index contributed by atoms with van der Waals surface area (Å²) in [6, 6.07) is 6.81. The lowest BCUT2D eigenvalue weighted by atomic mass is 10.2. The third-order valence-electron chi connectivity index (χ3n) is 3.40. The Morgan fingerprint density at radius 1 is 1.35 bits per heavy atom. The first kappa shape index (κ1) is 10.7. The highest BCUT2D eigenvalue weighted by molar-refractivity contribution is 5.57. The third-order valence-corrected chi connectivity index (χ3v) is 3.40. The van der Waals surface area contributed by atoms with E-state index in [-0.39, 0.29) is 0 Å². The molecule has 0 amide bonds. The Balaban J connectivity index is 1.73. The monoisotopic (exact) mass is 234 g/mol. The first-order chi connectivity index (χ1) is 8.36. The number of hydrogen-bond donors (Lipinski definition) is 1. The van der Waals surface area contributed by atoms with Crippen LogP contribution in [0.4, 0.5) is 5.69 Å². The normalized spacial score (nSPS) is 22.2. The van der Waals surface area contributed by atoms with E-state index in [1.807, 2.05) is 6.07 Å². The van der Waals surface area contributed by atoms with Gasteiger partial charge in [0.15, 0.2) is 11.5 Å². The van der Waals surface area contributed by atoms with Crippen molar-refractivity contribution in [3.8, 4) is 11.5 Å². The first-order valence-electron chi connectivity index (χ1n) is 6.25. The molecule has 2 heterocycles. The van der Waals surface area contributed by atoms with Gasteiger partial charge in [-0.15, -0.1) is 0 Å². The molecule has 92 valence electrons. The summed E-state index contributed by atoms with van der Waals surface area (Å²) >= 11 is 0. The van der Waals surface area contributed by atoms with Crippen LogP contribution in [0.1, 0.15) is 13.3 Å². The summed E-state index contributed by atoms with van der Waals surface area (Å²) in [5.41, 5.74) is 1.23. The lowest BCUT2D eigenvalue weighted by Gasteiger charge is -2.19. The summed E-state index contributed by atoms with van der Waals surface area (Å²) in [4.78, 5) is 2.40. The fourth-order valence-corrected chi connectivity index (χ4v) is 2.53. The molecule has 0 bridgehead atoms. The number of nitrogens with one attached hydrogen (secondary N) is 1. The lowest BCUT2D eigenvalue weighted by Crippen LogP contribution is -2.32. The van der Waals surface area contributed by atoms with Crippen LogP contribution in [0.25, 0.3) is 0 Å². The maximum Gasteiger partial charge on any atom is 0.231 e. The Morgan fingerprint density at radius 3 is 3.12 bits per heavy atom. The molecule has 2 aliphatic heterocycles. The number of likely N-dealkylation sites (N-methyl/N-ethyl adjacent to an activating group) is 1. The van der Waals surface area contributed by atoms with E-state index in [1.54, 1.807) is 0 Å². The average molecular weight is 234 g/mol. The number of ether oxygens (including phenoxy) is 2. The van der Waals surface area contributed by atoms with Gasteiger partial charge in [0, 0.05) is 30.9 Å². The molecule has 1 saturated heterocycles. The van der Waals surface area contributed by atoms with Gasteiger partial charge < -0.3 is 19.7 Å². The van der Waals surface area contributed by atoms with Crippen molar-refractivity contribution < 1.29 is 9.47 Å². The minimum atomic E-state index is 0.346. The molecule has 0 radical (unpaired) electrons. The summed E-state index contributed by atoms with van der Waals surface area (Å²) < 4.78 is 10.7. The summed E-state index contributed by atoms with van der Waals surface area (Å²) in [5.74, 6) is 1.73. The molecular formula is C13H18N2O2. The Kier molecular flexibility index (Phi) is 2.81. The second-order valence-corrected chi connectivity index (χ2v) is 4.53. The van der Waals surface area contributed by atoms with Gasteiger partial charge in [-0.25, -0.2) is 0 Å². The van der Waals surface area contributed by atoms with Gasteiger partial charge in [-0.1, -0.05) is 6.92 Å². The molecule has 0 aromatic heterocycles. The fraction of sp³-hybridized carbons (Fsp3) is 0.538. The topological polar surface area (TPSA) is 33.7 Å². The molecule has 1 atom stereocenters. The van der Waals surface area contributed by atoms with Crippen LogP contribution in [-0.2, 0) is 0 Å². The van der Waals surface area contributed by atoms with E-state index in [2.05, 4.69) is 29.3 Å². The van der Waals surface area contributed by atoms with Gasteiger partial charge in [0.25, 0.3) is 0 Å². The zero-order valence-electron chi connectivity index (χ0n) is 10.1. The zero-order chi connectivity index (χ0) is 11.7. The molecule has 2 aliphatic rings. The number of hydrogen-bond acceptors (Lipinski definition) is 4. The summed E-state index contributed by atoms with van der Waals surface area (Å²) in [7, 11) is 0. The van der Waals surface area contributed by atoms with Crippen molar-refractivity contribution in [3.63, 3.8) is 0 Å². The molecule has 4 heteroatoms. The van der Waals surface area contributed by atoms with Crippen LogP contribution in [0.3, 0.4) is 0 Å². The van der Waals surface area contributed by atoms with Crippen LogP contribution in [0.15, 0.2) is 18.2 Å². The molecule has 1 aromatic carbocycles. The van der Waals surface area contributed by atoms with Gasteiger partial charge in [-0.2, -0.15) is 0 Å². The van der Waals surface area contributed by atoms with Crippen molar-refractivity contribution in [3.05, 3.63) is 18.2 Å². The summed E-state index contributed by atoms with van der Waals surface area (Å²) in [5, 5.41) is 3.50. The number of anilines is 1. The molecular weight excluding hydrogens is 216 g/mol. The minimum absolute atomic E-state index is 0.346. The number of fused-ring (bicyclic) bond motifs is 1. The van der Waals surface area contributed by atoms with Gasteiger partial charge in [-0.3, -0.25) is 0 Å². The van der Waals surface area contributed by atoms with E-state index < -0.39 is 0 Å². The highest BCUT2D eigenvalue weighted by Gasteiger charge is 2.23. The molecule has 1 fully saturated rings. The lowest BCUT2D eigenvalue weighted by molar-refractivity contribution is 0.174. The van der Waals surface area contributed by atoms with E-state index in [9.17, 15) is 0 Å². The molecule has 3 rings (SSSR count). The van der Waals surface area contributed by atoms with Crippen molar-refractivity contribution in [1.82, 2.24) is 5.32 Å². The Labute approximate surface area is 102 Å². The fourth-order valence-electron chi connectivity index (χ4n) is 2.53. The largest absolute Gasteiger partial charge is 0.454 e. The molecule has 1 aromatic rings. The van der Waals surface area contributed by atoms with Crippen molar-refractivity contribution in [1.29, 1.82) is 0 Å². The van der Waals surface area contributed by atoms with Crippen molar-refractivity contribution in [2.45, 2.75) is 19.4 Å². The average Bonchev–Trinajstić information content (AvgIpc) is 2.96. The van der Waals surface area contributed by atoms with Crippen LogP contribution in [-0.4, -0.2) is 32.5 Å². The van der Waals surface area contributed by atoms with Crippen LogP contribution in [0.2, 0.25) is 0 Å². The van der Waals surface area contributed by atoms with E-state index in [4.69, 9.17) is 9.47 Å². The maximum absolute atomic E-state index is 5.41. The second kappa shape index (κ2) is 4.45. The van der Waals surface area contributed by atoms with Crippen molar-refractivity contribution in [2.75, 3.05) is 31.3 Å². The van der Waals surface area contributed by atoms with Crippen LogP contribution < -0.4 is 19.7 Å². The molecule has 1 unspecified atom stereocenters.